The number of hydrogen-bond donors (Lipinski definition) is 0. The molecule has 5 nitrogen and oxygen atoms in total. The number of alkyl halides is 3. The first-order valence-electron chi connectivity index (χ1n) is 9.20. The van der Waals surface area contributed by atoms with Gasteiger partial charge in [-0.05, 0) is 24.5 Å². The average Bonchev–Trinajstić information content (AvgIpc) is 3.14. The van der Waals surface area contributed by atoms with Gasteiger partial charge < -0.3 is 4.90 Å². The molecule has 8 heteroatoms. The van der Waals surface area contributed by atoms with Gasteiger partial charge in [0.1, 0.15) is 0 Å². The van der Waals surface area contributed by atoms with Crippen LogP contribution in [0.1, 0.15) is 53.7 Å². The third-order valence-corrected chi connectivity index (χ3v) is 4.95. The summed E-state index contributed by atoms with van der Waals surface area (Å²) in [7, 11) is 0. The van der Waals surface area contributed by atoms with Gasteiger partial charge in [0.15, 0.2) is 5.69 Å². The summed E-state index contributed by atoms with van der Waals surface area (Å²) in [5, 5.41) is 7.72. The number of terminal acetylenes is 1. The van der Waals surface area contributed by atoms with Crippen LogP contribution in [0.15, 0.2) is 30.5 Å². The van der Waals surface area contributed by atoms with E-state index in [1.807, 2.05) is 0 Å². The Balaban J connectivity index is 1.78. The fourth-order valence-electron chi connectivity index (χ4n) is 3.59. The van der Waals surface area contributed by atoms with E-state index in [0.29, 0.717) is 0 Å². The quantitative estimate of drug-likeness (QED) is 0.731. The van der Waals surface area contributed by atoms with Gasteiger partial charge in [0, 0.05) is 6.04 Å². The minimum absolute atomic E-state index is 0.0617. The van der Waals surface area contributed by atoms with Crippen LogP contribution < -0.4 is 0 Å². The lowest BCUT2D eigenvalue weighted by Crippen LogP contribution is -2.41. The molecule has 28 heavy (non-hydrogen) atoms. The molecule has 1 heterocycles. The average molecular weight is 390 g/mol. The monoisotopic (exact) mass is 390 g/mol. The molecule has 1 aromatic carbocycles. The zero-order valence-electron chi connectivity index (χ0n) is 15.3. The van der Waals surface area contributed by atoms with Gasteiger partial charge in [-0.3, -0.25) is 4.79 Å². The molecule has 1 amide bonds. The summed E-state index contributed by atoms with van der Waals surface area (Å²) in [5.74, 6) is 2.18. The van der Waals surface area contributed by atoms with Crippen molar-refractivity contribution in [3.05, 3.63) is 47.3 Å². The number of amides is 1. The Bertz CT molecular complexity index is 863. The maximum atomic E-state index is 13.2. The number of aromatic nitrogens is 3. The standard InChI is InChI=1S/C20H21F3N4O/c1-2-12-27(16-9-4-3-5-10-16)19(28)18-14-26(25-24-18)13-15-8-6-7-11-17(15)20(21,22)23/h1,6-8,11,14,16H,3-5,9-10,12-13H2. The second-order valence-electron chi connectivity index (χ2n) is 6.89. The minimum Gasteiger partial charge on any atom is -0.323 e. The van der Waals surface area contributed by atoms with E-state index >= 15 is 0 Å². The Kier molecular flexibility index (Phi) is 6.02. The number of carbonyl (C=O) groups is 1. The lowest BCUT2D eigenvalue weighted by Gasteiger charge is -2.32. The van der Waals surface area contributed by atoms with Crippen LogP contribution in [0.2, 0.25) is 0 Å². The van der Waals surface area contributed by atoms with Crippen molar-refractivity contribution in [1.82, 2.24) is 19.9 Å². The molecule has 1 aromatic heterocycles. The first-order valence-corrected chi connectivity index (χ1v) is 9.20. The highest BCUT2D eigenvalue weighted by Crippen LogP contribution is 2.32. The summed E-state index contributed by atoms with van der Waals surface area (Å²) >= 11 is 0. The maximum absolute atomic E-state index is 13.2. The molecule has 0 saturated heterocycles. The molecule has 0 N–H and O–H groups in total. The summed E-state index contributed by atoms with van der Waals surface area (Å²) in [6, 6.07) is 5.35. The number of carbonyl (C=O) groups excluding carboxylic acids is 1. The molecule has 0 unspecified atom stereocenters. The molecule has 0 aliphatic heterocycles. The molecule has 0 atom stereocenters. The molecular formula is C20H21F3N4O. The van der Waals surface area contributed by atoms with E-state index in [1.165, 1.54) is 29.1 Å². The van der Waals surface area contributed by atoms with Gasteiger partial charge >= 0.3 is 6.18 Å². The predicted molar refractivity (Wildman–Crippen MR) is 97.3 cm³/mol. The van der Waals surface area contributed by atoms with Crippen molar-refractivity contribution < 1.29 is 18.0 Å². The van der Waals surface area contributed by atoms with Gasteiger partial charge in [0.05, 0.1) is 24.8 Å². The van der Waals surface area contributed by atoms with Crippen LogP contribution >= 0.6 is 0 Å². The highest BCUT2D eigenvalue weighted by molar-refractivity contribution is 5.92. The molecular weight excluding hydrogens is 369 g/mol. The third-order valence-electron chi connectivity index (χ3n) is 4.95. The van der Waals surface area contributed by atoms with E-state index in [0.717, 1.165) is 38.2 Å². The van der Waals surface area contributed by atoms with Crippen LogP contribution in [0.3, 0.4) is 0 Å². The Hall–Kier alpha value is -2.82. The summed E-state index contributed by atoms with van der Waals surface area (Å²) in [4.78, 5) is 14.5. The lowest BCUT2D eigenvalue weighted by atomic mass is 9.94. The highest BCUT2D eigenvalue weighted by atomic mass is 19.4. The topological polar surface area (TPSA) is 51.0 Å². The highest BCUT2D eigenvalue weighted by Gasteiger charge is 2.33. The molecule has 0 radical (unpaired) electrons. The van der Waals surface area contributed by atoms with Gasteiger partial charge in [0.2, 0.25) is 0 Å². The summed E-state index contributed by atoms with van der Waals surface area (Å²) in [5.41, 5.74) is -0.577. The van der Waals surface area contributed by atoms with Crippen molar-refractivity contribution in [3.63, 3.8) is 0 Å². The largest absolute Gasteiger partial charge is 0.416 e. The molecule has 2 aromatic rings. The number of benzene rings is 1. The van der Waals surface area contributed by atoms with Crippen molar-refractivity contribution >= 4 is 5.91 Å². The fourth-order valence-corrected chi connectivity index (χ4v) is 3.59. The van der Waals surface area contributed by atoms with E-state index in [1.54, 1.807) is 4.90 Å². The van der Waals surface area contributed by atoms with E-state index < -0.39 is 11.7 Å². The number of halogens is 3. The van der Waals surface area contributed by atoms with Crippen LogP contribution in [0.4, 0.5) is 13.2 Å². The van der Waals surface area contributed by atoms with Crippen LogP contribution in [0, 0.1) is 12.3 Å². The smallest absolute Gasteiger partial charge is 0.323 e. The lowest BCUT2D eigenvalue weighted by molar-refractivity contribution is -0.138. The molecule has 0 spiro atoms. The van der Waals surface area contributed by atoms with Gasteiger partial charge in [0.25, 0.3) is 5.91 Å². The first kappa shape index (κ1) is 19.9. The molecule has 3 rings (SSSR count). The third kappa shape index (κ3) is 4.53. The fraction of sp³-hybridized carbons (Fsp3) is 0.450. The summed E-state index contributed by atoms with van der Waals surface area (Å²) < 4.78 is 40.7. The Morgan fingerprint density at radius 3 is 2.64 bits per heavy atom. The van der Waals surface area contributed by atoms with E-state index in [4.69, 9.17) is 6.42 Å². The number of rotatable bonds is 5. The maximum Gasteiger partial charge on any atom is 0.416 e. The van der Waals surface area contributed by atoms with Gasteiger partial charge in [-0.1, -0.05) is 48.6 Å². The molecule has 1 fully saturated rings. The Morgan fingerprint density at radius 1 is 1.25 bits per heavy atom. The van der Waals surface area contributed by atoms with Crippen LogP contribution in [0.25, 0.3) is 0 Å². The predicted octanol–water partition coefficient (Wildman–Crippen LogP) is 3.75. The van der Waals surface area contributed by atoms with Gasteiger partial charge in [-0.2, -0.15) is 13.2 Å². The van der Waals surface area contributed by atoms with Crippen LogP contribution in [-0.2, 0) is 12.7 Å². The van der Waals surface area contributed by atoms with Crippen molar-refractivity contribution in [3.8, 4) is 12.3 Å². The van der Waals surface area contributed by atoms with Crippen molar-refractivity contribution in [2.45, 2.75) is 50.9 Å². The molecule has 1 aliphatic rings. The summed E-state index contributed by atoms with van der Waals surface area (Å²) in [6.45, 7) is 0.0435. The zero-order chi connectivity index (χ0) is 20.1. The normalized spacial score (nSPS) is 15.2. The second kappa shape index (κ2) is 8.46. The van der Waals surface area contributed by atoms with Crippen molar-refractivity contribution in [1.29, 1.82) is 0 Å². The molecule has 1 saturated carbocycles. The van der Waals surface area contributed by atoms with Gasteiger partial charge in [-0.25, -0.2) is 4.68 Å². The first-order chi connectivity index (χ1) is 13.4. The number of nitrogens with zero attached hydrogens (tertiary/aromatic N) is 4. The SMILES string of the molecule is C#CCN(C(=O)c1cn(Cc2ccccc2C(F)(F)F)nn1)C1CCCCC1. The van der Waals surface area contributed by atoms with Gasteiger partial charge in [-0.15, -0.1) is 11.5 Å². The Morgan fingerprint density at radius 2 is 1.96 bits per heavy atom. The van der Waals surface area contributed by atoms with Crippen LogP contribution in [-0.4, -0.2) is 38.4 Å². The summed E-state index contributed by atoms with van der Waals surface area (Å²) in [6.07, 6.45) is 7.35. The zero-order valence-corrected chi connectivity index (χ0v) is 15.3. The Labute approximate surface area is 161 Å². The second-order valence-corrected chi connectivity index (χ2v) is 6.89. The minimum atomic E-state index is -4.46. The number of hydrogen-bond acceptors (Lipinski definition) is 3. The van der Waals surface area contributed by atoms with E-state index in [2.05, 4.69) is 16.2 Å². The molecule has 148 valence electrons. The van der Waals surface area contributed by atoms with E-state index in [9.17, 15) is 18.0 Å². The molecule has 0 bridgehead atoms. The van der Waals surface area contributed by atoms with Crippen molar-refractivity contribution in [2.24, 2.45) is 0 Å². The van der Waals surface area contributed by atoms with E-state index in [-0.39, 0.29) is 36.3 Å². The molecule has 1 aliphatic carbocycles. The van der Waals surface area contributed by atoms with Crippen LogP contribution in [0.5, 0.6) is 0 Å². The van der Waals surface area contributed by atoms with Crippen molar-refractivity contribution in [2.75, 3.05) is 6.54 Å².